The second kappa shape index (κ2) is 9.58. The molecule has 1 N–H and O–H groups in total. The number of anilines is 1. The van der Waals surface area contributed by atoms with Crippen LogP contribution in [0.4, 0.5) is 10.5 Å². The van der Waals surface area contributed by atoms with Gasteiger partial charge in [0.15, 0.2) is 0 Å². The Morgan fingerprint density at radius 1 is 1.14 bits per heavy atom. The summed E-state index contributed by atoms with van der Waals surface area (Å²) < 4.78 is 5.25. The van der Waals surface area contributed by atoms with E-state index < -0.39 is 16.4 Å². The number of ether oxygens (including phenoxy) is 1. The van der Waals surface area contributed by atoms with Gasteiger partial charge < -0.3 is 14.7 Å². The van der Waals surface area contributed by atoms with Gasteiger partial charge in [0, 0.05) is 19.5 Å². The van der Waals surface area contributed by atoms with E-state index in [-0.39, 0.29) is 25.5 Å². The second-order valence-electron chi connectivity index (χ2n) is 6.45. The molecular weight excluding hydrogens is 392 g/mol. The van der Waals surface area contributed by atoms with Crippen molar-refractivity contribution in [1.82, 2.24) is 4.90 Å². The summed E-state index contributed by atoms with van der Waals surface area (Å²) in [5.41, 5.74) is 1.29. The Bertz CT molecular complexity index is 890. The maximum Gasteiger partial charge on any atom is 0.293 e. The fraction of sp³-hybridized carbons (Fsp3) is 0.286. The highest BCUT2D eigenvalue weighted by Crippen LogP contribution is 2.38. The van der Waals surface area contributed by atoms with Gasteiger partial charge >= 0.3 is 0 Å². The van der Waals surface area contributed by atoms with Crippen LogP contribution in [-0.2, 0) is 16.1 Å². The van der Waals surface area contributed by atoms with Crippen molar-refractivity contribution in [3.05, 3.63) is 60.2 Å². The SMILES string of the molecule is COc1ccccc1N1C(=O)SC(CC(=O)N(CCO)Cc2ccccc2)C1=O. The number of rotatable bonds is 8. The zero-order valence-corrected chi connectivity index (χ0v) is 16.8. The largest absolute Gasteiger partial charge is 0.495 e. The van der Waals surface area contributed by atoms with E-state index in [1.165, 1.54) is 12.0 Å². The van der Waals surface area contributed by atoms with Crippen LogP contribution in [0.5, 0.6) is 5.75 Å². The molecule has 0 saturated carbocycles. The van der Waals surface area contributed by atoms with Gasteiger partial charge in [0.05, 0.1) is 19.4 Å². The van der Waals surface area contributed by atoms with Gasteiger partial charge in [0.25, 0.3) is 5.24 Å². The summed E-state index contributed by atoms with van der Waals surface area (Å²) in [5, 5.41) is 8.08. The molecule has 29 heavy (non-hydrogen) atoms. The van der Waals surface area contributed by atoms with Crippen LogP contribution in [-0.4, -0.2) is 52.6 Å². The van der Waals surface area contributed by atoms with Crippen LogP contribution in [0.15, 0.2) is 54.6 Å². The average Bonchev–Trinajstić information content (AvgIpc) is 3.01. The molecule has 7 nitrogen and oxygen atoms in total. The molecule has 1 saturated heterocycles. The number of benzene rings is 2. The topological polar surface area (TPSA) is 87.2 Å². The van der Waals surface area contributed by atoms with E-state index >= 15 is 0 Å². The first-order valence-corrected chi connectivity index (χ1v) is 10.0. The number of para-hydroxylation sites is 2. The van der Waals surface area contributed by atoms with E-state index in [9.17, 15) is 19.5 Å². The quantitative estimate of drug-likeness (QED) is 0.715. The normalized spacial score (nSPS) is 16.2. The lowest BCUT2D eigenvalue weighted by molar-refractivity contribution is -0.133. The maximum absolute atomic E-state index is 12.9. The summed E-state index contributed by atoms with van der Waals surface area (Å²) in [6, 6.07) is 16.2. The van der Waals surface area contributed by atoms with Crippen molar-refractivity contribution in [2.75, 3.05) is 25.2 Å². The minimum absolute atomic E-state index is 0.117. The smallest absolute Gasteiger partial charge is 0.293 e. The van der Waals surface area contributed by atoms with Gasteiger partial charge in [-0.05, 0) is 29.5 Å². The molecule has 1 unspecified atom stereocenters. The van der Waals surface area contributed by atoms with E-state index in [4.69, 9.17) is 4.74 Å². The highest BCUT2D eigenvalue weighted by molar-refractivity contribution is 8.15. The lowest BCUT2D eigenvalue weighted by Crippen LogP contribution is -2.37. The number of amides is 3. The molecule has 1 atom stereocenters. The highest BCUT2D eigenvalue weighted by Gasteiger charge is 2.43. The number of methoxy groups -OCH3 is 1. The summed E-state index contributed by atoms with van der Waals surface area (Å²) in [6.45, 7) is 0.302. The Kier molecular flexibility index (Phi) is 6.90. The summed E-state index contributed by atoms with van der Waals surface area (Å²) >= 11 is 0.838. The first-order chi connectivity index (χ1) is 14.0. The third-order valence-corrected chi connectivity index (χ3v) is 5.58. The van der Waals surface area contributed by atoms with Gasteiger partial charge in [-0.25, -0.2) is 4.90 Å². The van der Waals surface area contributed by atoms with Crippen LogP contribution >= 0.6 is 11.8 Å². The number of aliphatic hydroxyl groups is 1. The predicted octanol–water partition coefficient (Wildman–Crippen LogP) is 2.67. The second-order valence-corrected chi connectivity index (χ2v) is 7.60. The van der Waals surface area contributed by atoms with Crippen molar-refractivity contribution in [1.29, 1.82) is 0 Å². The Morgan fingerprint density at radius 2 is 1.83 bits per heavy atom. The van der Waals surface area contributed by atoms with Crippen molar-refractivity contribution >= 4 is 34.5 Å². The number of hydrogen-bond donors (Lipinski definition) is 1. The summed E-state index contributed by atoms with van der Waals surface area (Å²) in [6.07, 6.45) is -0.117. The van der Waals surface area contributed by atoms with Gasteiger partial charge in [-0.2, -0.15) is 0 Å². The molecule has 1 heterocycles. The minimum atomic E-state index is -0.808. The number of carbonyl (C=O) groups excluding carboxylic acids is 3. The van der Waals surface area contributed by atoms with Gasteiger partial charge in [-0.3, -0.25) is 14.4 Å². The van der Waals surface area contributed by atoms with E-state index in [0.717, 1.165) is 22.2 Å². The molecule has 3 rings (SSSR count). The molecule has 1 fully saturated rings. The first-order valence-electron chi connectivity index (χ1n) is 9.15. The molecular formula is C21H22N2O5S. The third kappa shape index (κ3) is 4.78. The van der Waals surface area contributed by atoms with Crippen molar-refractivity contribution in [2.45, 2.75) is 18.2 Å². The molecule has 8 heteroatoms. The van der Waals surface area contributed by atoms with Gasteiger partial charge in [-0.15, -0.1) is 0 Å². The fourth-order valence-electron chi connectivity index (χ4n) is 3.12. The molecule has 0 aliphatic carbocycles. The molecule has 152 valence electrons. The Morgan fingerprint density at radius 3 is 2.52 bits per heavy atom. The lowest BCUT2D eigenvalue weighted by Gasteiger charge is -2.23. The van der Waals surface area contributed by atoms with E-state index in [0.29, 0.717) is 18.0 Å². The number of carbonyl (C=O) groups is 3. The van der Waals surface area contributed by atoms with Crippen LogP contribution in [0.2, 0.25) is 0 Å². The molecule has 2 aromatic rings. The van der Waals surface area contributed by atoms with Crippen molar-refractivity contribution in [2.24, 2.45) is 0 Å². The van der Waals surface area contributed by atoms with Gasteiger partial charge in [-0.1, -0.05) is 42.5 Å². The molecule has 0 spiro atoms. The molecule has 3 amide bonds. The van der Waals surface area contributed by atoms with Crippen molar-refractivity contribution < 1.29 is 24.2 Å². The monoisotopic (exact) mass is 414 g/mol. The van der Waals surface area contributed by atoms with Crippen LogP contribution in [0.3, 0.4) is 0 Å². The third-order valence-electron chi connectivity index (χ3n) is 4.55. The number of aliphatic hydroxyl groups excluding tert-OH is 1. The first kappa shape index (κ1) is 20.9. The summed E-state index contributed by atoms with van der Waals surface area (Å²) in [4.78, 5) is 40.7. The number of thioether (sulfide) groups is 1. The van der Waals surface area contributed by atoms with Crippen LogP contribution < -0.4 is 9.64 Å². The Labute approximate surface area is 173 Å². The van der Waals surface area contributed by atoms with Crippen LogP contribution in [0.1, 0.15) is 12.0 Å². The van der Waals surface area contributed by atoms with Crippen molar-refractivity contribution in [3.8, 4) is 5.75 Å². The maximum atomic E-state index is 12.9. The van der Waals surface area contributed by atoms with Gasteiger partial charge in [0.1, 0.15) is 11.0 Å². The molecule has 0 radical (unpaired) electrons. The van der Waals surface area contributed by atoms with E-state index in [1.54, 1.807) is 24.3 Å². The molecule has 0 aromatic heterocycles. The minimum Gasteiger partial charge on any atom is -0.495 e. The van der Waals surface area contributed by atoms with E-state index in [1.807, 2.05) is 30.3 Å². The zero-order chi connectivity index (χ0) is 20.8. The standard InChI is InChI=1S/C21H22N2O5S/c1-28-17-10-6-5-9-16(17)23-20(26)18(29-21(23)27)13-19(25)22(11-12-24)14-15-7-3-2-4-8-15/h2-10,18,24H,11-14H2,1H3. The Balaban J connectivity index is 1.73. The summed E-state index contributed by atoms with van der Waals surface area (Å²) in [5.74, 6) is -0.322. The zero-order valence-electron chi connectivity index (χ0n) is 16.0. The van der Waals surface area contributed by atoms with Crippen LogP contribution in [0.25, 0.3) is 0 Å². The average molecular weight is 414 g/mol. The van der Waals surface area contributed by atoms with Gasteiger partial charge in [0.2, 0.25) is 11.8 Å². The summed E-state index contributed by atoms with van der Waals surface area (Å²) in [7, 11) is 1.47. The number of nitrogens with zero attached hydrogens (tertiary/aromatic N) is 2. The molecule has 2 aromatic carbocycles. The van der Waals surface area contributed by atoms with E-state index in [2.05, 4.69) is 0 Å². The highest BCUT2D eigenvalue weighted by atomic mass is 32.2. The number of imide groups is 1. The molecule has 0 bridgehead atoms. The Hall–Kier alpha value is -2.84. The molecule has 1 aliphatic heterocycles. The fourth-order valence-corrected chi connectivity index (χ4v) is 4.09. The number of hydrogen-bond acceptors (Lipinski definition) is 6. The van der Waals surface area contributed by atoms with Crippen molar-refractivity contribution in [3.63, 3.8) is 0 Å². The van der Waals surface area contributed by atoms with Crippen LogP contribution in [0, 0.1) is 0 Å². The lowest BCUT2D eigenvalue weighted by atomic mass is 10.2. The molecule has 1 aliphatic rings. The predicted molar refractivity (Wildman–Crippen MR) is 111 cm³/mol.